The fourth-order valence-electron chi connectivity index (χ4n) is 15.7. The van der Waals surface area contributed by atoms with Crippen LogP contribution in [0.25, 0.3) is 0 Å². The van der Waals surface area contributed by atoms with Crippen molar-refractivity contribution in [2.24, 2.45) is 0 Å². The van der Waals surface area contributed by atoms with Crippen LogP contribution in [0.1, 0.15) is 406 Å². The lowest BCUT2D eigenvalue weighted by Crippen LogP contribution is -2.66. The highest BCUT2D eigenvalue weighted by molar-refractivity contribution is 5.76. The average molecular weight is 1520 g/mol. The molecule has 628 valence electrons. The van der Waals surface area contributed by atoms with E-state index in [0.29, 0.717) is 6.42 Å². The van der Waals surface area contributed by atoms with Gasteiger partial charge in [0.25, 0.3) is 0 Å². The first kappa shape index (κ1) is 98.7. The van der Waals surface area contributed by atoms with Crippen molar-refractivity contribution in [1.82, 2.24) is 5.32 Å². The number of amides is 1. The summed E-state index contributed by atoms with van der Waals surface area (Å²) < 4.78 is 34.5. The van der Waals surface area contributed by atoms with Crippen LogP contribution in [0.4, 0.5) is 0 Å². The Hall–Kier alpha value is -1.47. The van der Waals surface area contributed by atoms with Crippen LogP contribution in [0.5, 0.6) is 0 Å². The first-order valence-corrected chi connectivity index (χ1v) is 44.9. The molecule has 106 heavy (non-hydrogen) atoms. The van der Waals surface area contributed by atoms with E-state index >= 15 is 0 Å². The highest BCUT2D eigenvalue weighted by Gasteiger charge is 2.54. The number of hydrogen-bond acceptors (Lipinski definition) is 18. The summed E-state index contributed by atoms with van der Waals surface area (Å²) >= 11 is 0. The normalized spacial score (nSPS) is 25.6. The molecule has 0 aromatic heterocycles. The SMILES string of the molecule is CCCCCCCCCCCCCCCCCCCCCCCCC/C=C/C(O)C(COC1OC(CO)C(OC2OC(CO)C(OC3OC(CO)C(O)C(O)C3O)C(O)C2O)C(O)C1O)NC(=O)CCCCCCCCCCCCCCCCCCCCCCCCCCCCCCCCCCCCCC. The minimum Gasteiger partial charge on any atom is -0.394 e. The van der Waals surface area contributed by atoms with Crippen molar-refractivity contribution in [3.05, 3.63) is 12.2 Å². The standard InChI is InChI=1S/C87H167NO18/c1-3-5-7-9-11-13-15-17-19-21-23-25-27-29-30-31-32-33-34-35-36-37-38-39-41-43-45-47-49-51-53-55-57-59-61-63-65-75(93)88-70(71(92)64-62-60-58-56-54-52-50-48-46-44-42-40-28-26-24-22-20-18-16-14-12-10-8-6-4-2)69-101-85-81(99)78(96)83(73(67-90)103-85)106-87-82(100)79(97)84(74(68-91)104-87)105-86-80(98)77(95)76(94)72(66-89)102-86/h62,64,70-74,76-87,89-92,94-100H,3-61,63,65-69H2,1-2H3,(H,88,93)/b64-62+. The third-order valence-electron chi connectivity index (χ3n) is 22.8. The summed E-state index contributed by atoms with van der Waals surface area (Å²) in [5.74, 6) is -0.265. The molecular weight excluding hydrogens is 1350 g/mol. The molecule has 19 heteroatoms. The van der Waals surface area contributed by atoms with Crippen LogP contribution in [-0.4, -0.2) is 193 Å². The van der Waals surface area contributed by atoms with Crippen molar-refractivity contribution in [2.45, 2.75) is 510 Å². The highest BCUT2D eigenvalue weighted by atomic mass is 16.8. The largest absolute Gasteiger partial charge is 0.394 e. The molecular formula is C87H167NO18. The van der Waals surface area contributed by atoms with Crippen molar-refractivity contribution in [3.8, 4) is 0 Å². The van der Waals surface area contributed by atoms with Crippen LogP contribution in [0.3, 0.4) is 0 Å². The number of rotatable bonds is 74. The Labute approximate surface area is 646 Å². The molecule has 17 atom stereocenters. The Morgan fingerprint density at radius 1 is 0.330 bits per heavy atom. The minimum absolute atomic E-state index is 0.251. The number of nitrogens with one attached hydrogen (secondary N) is 1. The summed E-state index contributed by atoms with van der Waals surface area (Å²) in [5.41, 5.74) is 0. The monoisotopic (exact) mass is 1510 g/mol. The minimum atomic E-state index is -1.98. The lowest BCUT2D eigenvalue weighted by atomic mass is 9.96. The molecule has 3 aliphatic rings. The maximum absolute atomic E-state index is 13.5. The fraction of sp³-hybridized carbons (Fsp3) is 0.966. The van der Waals surface area contributed by atoms with Crippen LogP contribution >= 0.6 is 0 Å². The molecule has 0 spiro atoms. The zero-order valence-corrected chi connectivity index (χ0v) is 67.7. The number of allylic oxidation sites excluding steroid dienone is 1. The van der Waals surface area contributed by atoms with E-state index in [1.807, 2.05) is 6.08 Å². The van der Waals surface area contributed by atoms with Crippen LogP contribution in [0.15, 0.2) is 12.2 Å². The van der Waals surface area contributed by atoms with Gasteiger partial charge < -0.3 is 89.9 Å². The number of aliphatic hydroxyl groups is 11. The van der Waals surface area contributed by atoms with Gasteiger partial charge in [0.1, 0.15) is 73.2 Å². The summed E-state index contributed by atoms with van der Waals surface area (Å²) in [4.78, 5) is 13.5. The van der Waals surface area contributed by atoms with Gasteiger partial charge in [0.2, 0.25) is 5.91 Å². The second kappa shape index (κ2) is 68.0. The maximum Gasteiger partial charge on any atom is 0.220 e. The van der Waals surface area contributed by atoms with E-state index < -0.39 is 124 Å². The lowest BCUT2D eigenvalue weighted by Gasteiger charge is -2.48. The third kappa shape index (κ3) is 46.6. The number of hydrogen-bond donors (Lipinski definition) is 12. The van der Waals surface area contributed by atoms with E-state index in [-0.39, 0.29) is 18.9 Å². The van der Waals surface area contributed by atoms with Crippen LogP contribution in [-0.2, 0) is 33.2 Å². The van der Waals surface area contributed by atoms with Gasteiger partial charge in [-0.3, -0.25) is 4.79 Å². The molecule has 0 bridgehead atoms. The Kier molecular flexibility index (Phi) is 63.3. The van der Waals surface area contributed by atoms with Crippen molar-refractivity contribution in [2.75, 3.05) is 26.4 Å². The number of ether oxygens (including phenoxy) is 6. The molecule has 3 rings (SSSR count). The molecule has 1 amide bonds. The van der Waals surface area contributed by atoms with Crippen molar-refractivity contribution >= 4 is 5.91 Å². The highest BCUT2D eigenvalue weighted by Crippen LogP contribution is 2.34. The molecule has 12 N–H and O–H groups in total. The predicted molar refractivity (Wildman–Crippen MR) is 425 cm³/mol. The summed E-state index contributed by atoms with van der Waals surface area (Å²) in [6, 6.07) is -0.971. The van der Waals surface area contributed by atoms with Crippen molar-refractivity contribution in [3.63, 3.8) is 0 Å². The summed E-state index contributed by atoms with van der Waals surface area (Å²) in [6.07, 6.45) is 56.6. The molecule has 0 aromatic rings. The first-order chi connectivity index (χ1) is 51.8. The molecule has 19 nitrogen and oxygen atoms in total. The predicted octanol–water partition coefficient (Wildman–Crippen LogP) is 16.7. The Morgan fingerprint density at radius 2 is 0.585 bits per heavy atom. The van der Waals surface area contributed by atoms with Gasteiger partial charge in [-0.1, -0.05) is 392 Å². The zero-order valence-electron chi connectivity index (χ0n) is 67.7. The van der Waals surface area contributed by atoms with Gasteiger partial charge in [0.15, 0.2) is 18.9 Å². The molecule has 0 saturated carbocycles. The van der Waals surface area contributed by atoms with Gasteiger partial charge in [-0.15, -0.1) is 0 Å². The van der Waals surface area contributed by atoms with Crippen molar-refractivity contribution in [1.29, 1.82) is 0 Å². The van der Waals surface area contributed by atoms with E-state index in [1.165, 1.54) is 334 Å². The summed E-state index contributed by atoms with van der Waals surface area (Å²) in [7, 11) is 0. The summed E-state index contributed by atoms with van der Waals surface area (Å²) in [5, 5.41) is 121. The molecule has 0 aromatic carbocycles. The van der Waals surface area contributed by atoms with Crippen molar-refractivity contribution < 1.29 is 89.4 Å². The topological polar surface area (TPSA) is 307 Å². The number of carbonyl (C=O) groups excluding carboxylic acids is 1. The van der Waals surface area contributed by atoms with E-state index in [1.54, 1.807) is 6.08 Å². The van der Waals surface area contributed by atoms with E-state index in [2.05, 4.69) is 19.2 Å². The summed E-state index contributed by atoms with van der Waals surface area (Å²) in [6.45, 7) is 1.82. The fourth-order valence-corrected chi connectivity index (χ4v) is 15.7. The maximum atomic E-state index is 13.5. The van der Waals surface area contributed by atoms with E-state index in [9.17, 15) is 61.0 Å². The molecule has 3 fully saturated rings. The average Bonchev–Trinajstić information content (AvgIpc) is 0.781. The molecule has 0 aliphatic carbocycles. The number of carbonyl (C=O) groups is 1. The molecule has 3 aliphatic heterocycles. The Morgan fingerprint density at radius 3 is 0.887 bits per heavy atom. The van der Waals surface area contributed by atoms with Gasteiger partial charge in [-0.25, -0.2) is 0 Å². The van der Waals surface area contributed by atoms with Gasteiger partial charge >= 0.3 is 0 Å². The second-order valence-electron chi connectivity index (χ2n) is 32.4. The van der Waals surface area contributed by atoms with Gasteiger partial charge in [0, 0.05) is 6.42 Å². The zero-order chi connectivity index (χ0) is 76.7. The number of aliphatic hydroxyl groups excluding tert-OH is 11. The van der Waals surface area contributed by atoms with Crippen LogP contribution in [0, 0.1) is 0 Å². The second-order valence-corrected chi connectivity index (χ2v) is 32.4. The quantitative estimate of drug-likeness (QED) is 0.0199. The van der Waals surface area contributed by atoms with Crippen LogP contribution in [0.2, 0.25) is 0 Å². The molecule has 3 heterocycles. The van der Waals surface area contributed by atoms with Gasteiger partial charge in [0.05, 0.1) is 38.6 Å². The van der Waals surface area contributed by atoms with Gasteiger partial charge in [-0.05, 0) is 19.3 Å². The smallest absolute Gasteiger partial charge is 0.220 e. The Balaban J connectivity index is 1.31. The van der Waals surface area contributed by atoms with E-state index in [0.717, 1.165) is 44.9 Å². The molecule has 3 saturated heterocycles. The van der Waals surface area contributed by atoms with E-state index in [4.69, 9.17) is 28.4 Å². The Bertz CT molecular complexity index is 1960. The van der Waals surface area contributed by atoms with Gasteiger partial charge in [-0.2, -0.15) is 0 Å². The first-order valence-electron chi connectivity index (χ1n) is 44.9. The molecule has 0 radical (unpaired) electrons. The lowest BCUT2D eigenvalue weighted by molar-refractivity contribution is -0.379. The molecule has 17 unspecified atom stereocenters. The number of unbranched alkanes of at least 4 members (excludes halogenated alkanes) is 58. The third-order valence-corrected chi connectivity index (χ3v) is 22.8. The van der Waals surface area contributed by atoms with Crippen LogP contribution < -0.4 is 5.32 Å².